The third kappa shape index (κ3) is 3.76. The Labute approximate surface area is 160 Å². The van der Waals surface area contributed by atoms with Crippen molar-refractivity contribution in [1.29, 1.82) is 0 Å². The maximum Gasteiger partial charge on any atom is 0.273 e. The largest absolute Gasteiger partial charge is 0.497 e. The van der Waals surface area contributed by atoms with Crippen molar-refractivity contribution in [3.05, 3.63) is 58.2 Å². The molecule has 1 aromatic heterocycles. The molecule has 1 heterocycles. The van der Waals surface area contributed by atoms with E-state index in [0.717, 1.165) is 5.56 Å². The molecule has 0 aliphatic carbocycles. The van der Waals surface area contributed by atoms with Crippen LogP contribution in [0.25, 0.3) is 11.3 Å². The molecule has 26 heavy (non-hydrogen) atoms. The number of rotatable bonds is 5. The number of amides is 1. The number of nitrogens with one attached hydrogen (secondary N) is 2. The Morgan fingerprint density at radius 3 is 2.62 bits per heavy atom. The summed E-state index contributed by atoms with van der Waals surface area (Å²) in [4.78, 5) is 12.4. The van der Waals surface area contributed by atoms with Gasteiger partial charge in [0.05, 0.1) is 30.6 Å². The quantitative estimate of drug-likeness (QED) is 0.663. The number of aromatic nitrogens is 2. The number of carbonyl (C=O) groups is 1. The van der Waals surface area contributed by atoms with E-state index in [9.17, 15) is 4.79 Å². The van der Waals surface area contributed by atoms with Gasteiger partial charge < -0.3 is 14.8 Å². The highest BCUT2D eigenvalue weighted by molar-refractivity contribution is 6.35. The summed E-state index contributed by atoms with van der Waals surface area (Å²) in [6, 6.07) is 11.8. The molecule has 0 aliphatic heterocycles. The summed E-state index contributed by atoms with van der Waals surface area (Å²) in [6.07, 6.45) is 0. The van der Waals surface area contributed by atoms with Gasteiger partial charge in [0.1, 0.15) is 17.2 Å². The van der Waals surface area contributed by atoms with E-state index in [0.29, 0.717) is 32.9 Å². The van der Waals surface area contributed by atoms with Gasteiger partial charge in [-0.15, -0.1) is 0 Å². The van der Waals surface area contributed by atoms with E-state index in [2.05, 4.69) is 15.5 Å². The van der Waals surface area contributed by atoms with E-state index in [1.807, 2.05) is 6.07 Å². The Bertz CT molecular complexity index is 957. The molecule has 134 valence electrons. The van der Waals surface area contributed by atoms with Crippen LogP contribution in [0.3, 0.4) is 0 Å². The molecule has 0 bridgehead atoms. The smallest absolute Gasteiger partial charge is 0.273 e. The van der Waals surface area contributed by atoms with Gasteiger partial charge in [0, 0.05) is 16.7 Å². The van der Waals surface area contributed by atoms with Gasteiger partial charge in [0.15, 0.2) is 0 Å². The lowest BCUT2D eigenvalue weighted by atomic mass is 10.1. The van der Waals surface area contributed by atoms with Crippen LogP contribution in [0, 0.1) is 0 Å². The van der Waals surface area contributed by atoms with E-state index in [1.54, 1.807) is 50.6 Å². The summed E-state index contributed by atoms with van der Waals surface area (Å²) in [5, 5.41) is 10.5. The van der Waals surface area contributed by atoms with Crippen molar-refractivity contribution in [3.8, 4) is 22.8 Å². The van der Waals surface area contributed by atoms with Crippen LogP contribution in [0.1, 0.15) is 10.5 Å². The lowest BCUT2D eigenvalue weighted by Gasteiger charge is -2.08. The molecule has 0 atom stereocenters. The molecule has 0 spiro atoms. The van der Waals surface area contributed by atoms with Gasteiger partial charge in [-0.05, 0) is 36.4 Å². The van der Waals surface area contributed by atoms with Crippen LogP contribution in [0.4, 0.5) is 5.69 Å². The standard InChI is InChI=1S/C18H15Cl2N3O3/c1-25-11-4-5-12(17(8-11)26-2)14-9-16(23-22-14)18(24)21-15-7-10(19)3-6-13(15)20/h3-9H,1-2H3,(H,21,24)(H,22,23). The number of methoxy groups -OCH3 is 2. The summed E-state index contributed by atoms with van der Waals surface area (Å²) in [5.41, 5.74) is 1.98. The van der Waals surface area contributed by atoms with Gasteiger partial charge in [0.2, 0.25) is 0 Å². The average Bonchev–Trinajstić information content (AvgIpc) is 3.14. The predicted octanol–water partition coefficient (Wildman–Crippen LogP) is 4.65. The second-order valence-corrected chi connectivity index (χ2v) is 6.16. The highest BCUT2D eigenvalue weighted by atomic mass is 35.5. The summed E-state index contributed by atoms with van der Waals surface area (Å²) >= 11 is 12.0. The van der Waals surface area contributed by atoms with Gasteiger partial charge in [-0.2, -0.15) is 5.10 Å². The summed E-state index contributed by atoms with van der Waals surface area (Å²) in [5.74, 6) is 0.857. The molecule has 0 saturated heterocycles. The minimum absolute atomic E-state index is 0.272. The zero-order chi connectivity index (χ0) is 18.7. The first-order valence-electron chi connectivity index (χ1n) is 7.56. The van der Waals surface area contributed by atoms with Crippen LogP contribution in [-0.4, -0.2) is 30.3 Å². The number of nitrogens with zero attached hydrogens (tertiary/aromatic N) is 1. The molecule has 3 aromatic rings. The number of benzene rings is 2. The average molecular weight is 392 g/mol. The molecule has 0 saturated carbocycles. The fourth-order valence-electron chi connectivity index (χ4n) is 2.37. The van der Waals surface area contributed by atoms with Gasteiger partial charge in [-0.3, -0.25) is 9.89 Å². The zero-order valence-corrected chi connectivity index (χ0v) is 15.5. The first-order valence-corrected chi connectivity index (χ1v) is 8.31. The lowest BCUT2D eigenvalue weighted by Crippen LogP contribution is -2.12. The number of hydrogen-bond acceptors (Lipinski definition) is 4. The molecule has 0 aliphatic rings. The Balaban J connectivity index is 1.86. The van der Waals surface area contributed by atoms with Crippen molar-refractivity contribution < 1.29 is 14.3 Å². The summed E-state index contributed by atoms with van der Waals surface area (Å²) in [7, 11) is 3.13. The lowest BCUT2D eigenvalue weighted by molar-refractivity contribution is 0.102. The zero-order valence-electron chi connectivity index (χ0n) is 14.0. The third-order valence-corrected chi connectivity index (χ3v) is 4.25. The number of H-pyrrole nitrogens is 1. The summed E-state index contributed by atoms with van der Waals surface area (Å²) in [6.45, 7) is 0. The number of halogens is 2. The molecule has 3 rings (SSSR count). The molecule has 0 radical (unpaired) electrons. The molecular weight excluding hydrogens is 377 g/mol. The van der Waals surface area contributed by atoms with Crippen molar-refractivity contribution in [1.82, 2.24) is 10.2 Å². The molecule has 2 N–H and O–H groups in total. The number of ether oxygens (including phenoxy) is 2. The SMILES string of the molecule is COc1ccc(-c2cc(C(=O)Nc3cc(Cl)ccc3Cl)[nH]n2)c(OC)c1. The van der Waals surface area contributed by atoms with Crippen molar-refractivity contribution >= 4 is 34.8 Å². The number of hydrogen-bond donors (Lipinski definition) is 2. The molecule has 2 aromatic carbocycles. The van der Waals surface area contributed by atoms with E-state index in [-0.39, 0.29) is 11.6 Å². The normalized spacial score (nSPS) is 10.5. The molecular formula is C18H15Cl2N3O3. The van der Waals surface area contributed by atoms with Crippen molar-refractivity contribution in [2.45, 2.75) is 0 Å². The van der Waals surface area contributed by atoms with Gasteiger partial charge >= 0.3 is 0 Å². The molecule has 0 unspecified atom stereocenters. The Morgan fingerprint density at radius 2 is 1.88 bits per heavy atom. The monoisotopic (exact) mass is 391 g/mol. The second kappa shape index (κ2) is 7.68. The summed E-state index contributed by atoms with van der Waals surface area (Å²) < 4.78 is 10.6. The number of aromatic amines is 1. The fourth-order valence-corrected chi connectivity index (χ4v) is 2.71. The first-order chi connectivity index (χ1) is 12.5. The highest BCUT2D eigenvalue weighted by Gasteiger charge is 2.15. The molecule has 0 fully saturated rings. The minimum atomic E-state index is -0.389. The van der Waals surface area contributed by atoms with Crippen LogP contribution in [0.2, 0.25) is 10.0 Å². The van der Waals surface area contributed by atoms with Crippen LogP contribution in [-0.2, 0) is 0 Å². The van der Waals surface area contributed by atoms with Crippen LogP contribution >= 0.6 is 23.2 Å². The molecule has 8 heteroatoms. The Morgan fingerprint density at radius 1 is 1.08 bits per heavy atom. The van der Waals surface area contributed by atoms with E-state index in [4.69, 9.17) is 32.7 Å². The van der Waals surface area contributed by atoms with Crippen molar-refractivity contribution in [3.63, 3.8) is 0 Å². The first kappa shape index (κ1) is 18.1. The van der Waals surface area contributed by atoms with E-state index >= 15 is 0 Å². The Kier molecular flexibility index (Phi) is 5.35. The van der Waals surface area contributed by atoms with Gasteiger partial charge in [-0.25, -0.2) is 0 Å². The molecule has 1 amide bonds. The van der Waals surface area contributed by atoms with Crippen molar-refractivity contribution in [2.75, 3.05) is 19.5 Å². The van der Waals surface area contributed by atoms with Crippen LogP contribution in [0.15, 0.2) is 42.5 Å². The maximum atomic E-state index is 12.4. The topological polar surface area (TPSA) is 76.2 Å². The Hall–Kier alpha value is -2.70. The predicted molar refractivity (Wildman–Crippen MR) is 102 cm³/mol. The fraction of sp³-hybridized carbons (Fsp3) is 0.111. The number of carbonyl (C=O) groups excluding carboxylic acids is 1. The van der Waals surface area contributed by atoms with Crippen LogP contribution < -0.4 is 14.8 Å². The number of anilines is 1. The van der Waals surface area contributed by atoms with Gasteiger partial charge in [-0.1, -0.05) is 23.2 Å². The van der Waals surface area contributed by atoms with E-state index < -0.39 is 0 Å². The minimum Gasteiger partial charge on any atom is -0.497 e. The maximum absolute atomic E-state index is 12.4. The van der Waals surface area contributed by atoms with Crippen LogP contribution in [0.5, 0.6) is 11.5 Å². The third-order valence-electron chi connectivity index (χ3n) is 3.68. The highest BCUT2D eigenvalue weighted by Crippen LogP contribution is 2.32. The van der Waals surface area contributed by atoms with Crippen molar-refractivity contribution in [2.24, 2.45) is 0 Å². The second-order valence-electron chi connectivity index (χ2n) is 5.31. The van der Waals surface area contributed by atoms with Gasteiger partial charge in [0.25, 0.3) is 5.91 Å². The van der Waals surface area contributed by atoms with E-state index in [1.165, 1.54) is 0 Å². The molecule has 6 nitrogen and oxygen atoms in total.